The van der Waals surface area contributed by atoms with Crippen molar-refractivity contribution >= 4 is 5.91 Å². The molecule has 0 saturated carbocycles. The van der Waals surface area contributed by atoms with E-state index in [-0.39, 0.29) is 19.0 Å². The van der Waals surface area contributed by atoms with Gasteiger partial charge in [0.15, 0.2) is 0 Å². The topological polar surface area (TPSA) is 41.1 Å². The fraction of sp³-hybridized carbons (Fsp3) is 0.400. The number of nitrogens with one attached hydrogen (secondary N) is 2. The largest absolute Gasteiger partial charge is 0.416 e. The number of halogens is 3. The predicted molar refractivity (Wildman–Crippen MR) is 74.3 cm³/mol. The van der Waals surface area contributed by atoms with Crippen LogP contribution in [0.5, 0.6) is 0 Å². The molecule has 0 fully saturated rings. The number of carbonyl (C=O) groups excluding carboxylic acids is 1. The first kappa shape index (κ1) is 17.1. The van der Waals surface area contributed by atoms with Crippen LogP contribution in [0.25, 0.3) is 0 Å². The molecule has 0 aromatic heterocycles. The lowest BCUT2D eigenvalue weighted by atomic mass is 9.92. The summed E-state index contributed by atoms with van der Waals surface area (Å²) >= 11 is 0. The van der Waals surface area contributed by atoms with E-state index in [9.17, 15) is 18.0 Å². The minimum atomic E-state index is -4.39. The van der Waals surface area contributed by atoms with E-state index in [0.29, 0.717) is 5.56 Å². The van der Waals surface area contributed by atoms with Gasteiger partial charge in [0, 0.05) is 5.54 Å². The fourth-order valence-electron chi connectivity index (χ4n) is 1.70. The summed E-state index contributed by atoms with van der Waals surface area (Å²) in [5, 5.41) is 5.39. The highest BCUT2D eigenvalue weighted by molar-refractivity contribution is 5.78. The molecule has 1 aromatic carbocycles. The smallest absolute Gasteiger partial charge is 0.344 e. The van der Waals surface area contributed by atoms with Crippen molar-refractivity contribution in [3.63, 3.8) is 0 Å². The summed E-state index contributed by atoms with van der Waals surface area (Å²) in [6.07, 6.45) is 0.623. The Hall–Kier alpha value is -2.00. The third-order valence-corrected chi connectivity index (χ3v) is 2.99. The van der Waals surface area contributed by atoms with Gasteiger partial charge in [0.2, 0.25) is 5.91 Å². The van der Waals surface area contributed by atoms with Gasteiger partial charge >= 0.3 is 6.18 Å². The fourth-order valence-corrected chi connectivity index (χ4v) is 1.70. The van der Waals surface area contributed by atoms with Crippen molar-refractivity contribution in [1.82, 2.24) is 10.6 Å². The van der Waals surface area contributed by atoms with Gasteiger partial charge in [0.25, 0.3) is 0 Å². The van der Waals surface area contributed by atoms with Crippen molar-refractivity contribution in [3.05, 3.63) is 35.4 Å². The minimum absolute atomic E-state index is 0.0368. The molecule has 0 aliphatic carbocycles. The first-order chi connectivity index (χ1) is 9.66. The molecule has 1 aromatic rings. The SMILES string of the molecule is C#CCNC(=O)CNC(C)(C)c1cccc(C(F)(F)F)c1. The normalized spacial score (nSPS) is 11.8. The molecule has 0 bridgehead atoms. The van der Waals surface area contributed by atoms with Crippen LogP contribution in [0.2, 0.25) is 0 Å². The van der Waals surface area contributed by atoms with Gasteiger partial charge in [-0.1, -0.05) is 18.1 Å². The summed E-state index contributed by atoms with van der Waals surface area (Å²) in [6.45, 7) is 3.49. The summed E-state index contributed by atoms with van der Waals surface area (Å²) in [7, 11) is 0. The first-order valence-electron chi connectivity index (χ1n) is 6.30. The number of rotatable bonds is 5. The zero-order valence-corrected chi connectivity index (χ0v) is 11.8. The van der Waals surface area contributed by atoms with Crippen LogP contribution < -0.4 is 10.6 Å². The minimum Gasteiger partial charge on any atom is -0.344 e. The standard InChI is InChI=1S/C15H17F3N2O/c1-4-8-19-13(21)10-20-14(2,3)11-6-5-7-12(9-11)15(16,17)18/h1,5-7,9,20H,8,10H2,2-3H3,(H,19,21). The number of benzene rings is 1. The Kier molecular flexibility index (Phi) is 5.39. The molecule has 0 aliphatic rings. The molecule has 6 heteroatoms. The highest BCUT2D eigenvalue weighted by Crippen LogP contribution is 2.31. The Morgan fingerprint density at radius 2 is 1.90 bits per heavy atom. The van der Waals surface area contributed by atoms with Crippen molar-refractivity contribution in [2.75, 3.05) is 13.1 Å². The lowest BCUT2D eigenvalue weighted by molar-refractivity contribution is -0.137. The maximum atomic E-state index is 12.7. The lowest BCUT2D eigenvalue weighted by Crippen LogP contribution is -2.43. The highest BCUT2D eigenvalue weighted by Gasteiger charge is 2.32. The van der Waals surface area contributed by atoms with Crippen LogP contribution in [0.1, 0.15) is 25.0 Å². The second kappa shape index (κ2) is 6.64. The van der Waals surface area contributed by atoms with Crippen LogP contribution in [0.3, 0.4) is 0 Å². The maximum Gasteiger partial charge on any atom is 0.416 e. The Bertz CT molecular complexity index is 545. The van der Waals surface area contributed by atoms with Crippen LogP contribution in [0.4, 0.5) is 13.2 Å². The third-order valence-electron chi connectivity index (χ3n) is 2.99. The number of hydrogen-bond donors (Lipinski definition) is 2. The third kappa shape index (κ3) is 5.12. The molecule has 21 heavy (non-hydrogen) atoms. The number of carbonyl (C=O) groups is 1. The van der Waals surface area contributed by atoms with Crippen molar-refractivity contribution in [1.29, 1.82) is 0 Å². The zero-order chi connectivity index (χ0) is 16.1. The van der Waals surface area contributed by atoms with Gasteiger partial charge in [-0.2, -0.15) is 13.2 Å². The number of hydrogen-bond acceptors (Lipinski definition) is 2. The van der Waals surface area contributed by atoms with Gasteiger partial charge in [0.05, 0.1) is 18.7 Å². The predicted octanol–water partition coefficient (Wildman–Crippen LogP) is 2.28. The second-order valence-corrected chi connectivity index (χ2v) is 5.04. The molecule has 1 rings (SSSR count). The van der Waals surface area contributed by atoms with Crippen LogP contribution in [0, 0.1) is 12.3 Å². The van der Waals surface area contributed by atoms with Crippen LogP contribution in [0.15, 0.2) is 24.3 Å². The molecule has 114 valence electrons. The highest BCUT2D eigenvalue weighted by atomic mass is 19.4. The molecule has 2 N–H and O–H groups in total. The van der Waals surface area contributed by atoms with Crippen molar-refractivity contribution < 1.29 is 18.0 Å². The summed E-state index contributed by atoms with van der Waals surface area (Å²) < 4.78 is 38.1. The van der Waals surface area contributed by atoms with E-state index in [1.165, 1.54) is 6.07 Å². The molecular formula is C15H17F3N2O. The Balaban J connectivity index is 2.79. The first-order valence-corrected chi connectivity index (χ1v) is 6.30. The molecule has 0 atom stereocenters. The quantitative estimate of drug-likeness (QED) is 0.819. The molecule has 0 spiro atoms. The van der Waals surface area contributed by atoms with Gasteiger partial charge in [-0.15, -0.1) is 6.42 Å². The van der Waals surface area contributed by atoms with Gasteiger partial charge < -0.3 is 5.32 Å². The molecule has 0 radical (unpaired) electrons. The maximum absolute atomic E-state index is 12.7. The van der Waals surface area contributed by atoms with Crippen molar-refractivity contribution in [2.45, 2.75) is 25.6 Å². The summed E-state index contributed by atoms with van der Waals surface area (Å²) in [6, 6.07) is 5.02. The summed E-state index contributed by atoms with van der Waals surface area (Å²) in [4.78, 5) is 11.5. The van der Waals surface area contributed by atoms with Crippen molar-refractivity contribution in [3.8, 4) is 12.3 Å². The van der Waals surface area contributed by atoms with E-state index in [2.05, 4.69) is 16.6 Å². The number of amides is 1. The van der Waals surface area contributed by atoms with E-state index in [1.54, 1.807) is 19.9 Å². The average Bonchev–Trinajstić information content (AvgIpc) is 2.42. The number of terminal acetylenes is 1. The van der Waals surface area contributed by atoms with Crippen molar-refractivity contribution in [2.24, 2.45) is 0 Å². The monoisotopic (exact) mass is 298 g/mol. The van der Waals surface area contributed by atoms with Gasteiger partial charge in [-0.05, 0) is 31.5 Å². The van der Waals surface area contributed by atoms with Crippen LogP contribution in [-0.2, 0) is 16.5 Å². The van der Waals surface area contributed by atoms with E-state index >= 15 is 0 Å². The average molecular weight is 298 g/mol. The van der Waals surface area contributed by atoms with Gasteiger partial charge in [-0.25, -0.2) is 0 Å². The van der Waals surface area contributed by atoms with Crippen LogP contribution >= 0.6 is 0 Å². The Labute approximate surface area is 121 Å². The molecular weight excluding hydrogens is 281 g/mol. The van der Waals surface area contributed by atoms with E-state index in [1.807, 2.05) is 0 Å². The zero-order valence-electron chi connectivity index (χ0n) is 11.8. The lowest BCUT2D eigenvalue weighted by Gasteiger charge is -2.27. The van der Waals surface area contributed by atoms with Gasteiger partial charge in [-0.3, -0.25) is 10.1 Å². The molecule has 0 aliphatic heterocycles. The molecule has 0 heterocycles. The molecule has 1 amide bonds. The van der Waals surface area contributed by atoms with E-state index in [4.69, 9.17) is 6.42 Å². The Morgan fingerprint density at radius 3 is 2.48 bits per heavy atom. The van der Waals surface area contributed by atoms with Crippen LogP contribution in [-0.4, -0.2) is 19.0 Å². The second-order valence-electron chi connectivity index (χ2n) is 5.04. The molecule has 0 saturated heterocycles. The van der Waals surface area contributed by atoms with E-state index in [0.717, 1.165) is 12.1 Å². The molecule has 0 unspecified atom stereocenters. The van der Waals surface area contributed by atoms with Gasteiger partial charge in [0.1, 0.15) is 0 Å². The molecule has 3 nitrogen and oxygen atoms in total. The Morgan fingerprint density at radius 1 is 1.29 bits per heavy atom. The summed E-state index contributed by atoms with van der Waals surface area (Å²) in [5.74, 6) is 1.95. The van der Waals surface area contributed by atoms with E-state index < -0.39 is 17.3 Å². The summed E-state index contributed by atoms with van der Waals surface area (Å²) in [5.41, 5.74) is -1.05. The number of alkyl halides is 3.